The minimum atomic E-state index is -3.07. The van der Waals surface area contributed by atoms with Crippen molar-refractivity contribution in [2.75, 3.05) is 71.5 Å². The highest BCUT2D eigenvalue weighted by Gasteiger charge is 2.30. The van der Waals surface area contributed by atoms with E-state index in [4.69, 9.17) is 4.74 Å². The van der Waals surface area contributed by atoms with E-state index in [9.17, 15) is 23.5 Å². The van der Waals surface area contributed by atoms with Crippen molar-refractivity contribution < 1.29 is 28.2 Å². The number of nitrogens with zero attached hydrogens (tertiary/aromatic N) is 9. The second-order valence-corrected chi connectivity index (χ2v) is 14.4. The summed E-state index contributed by atoms with van der Waals surface area (Å²) >= 11 is 1.43. The number of aliphatic hydroxyl groups is 1. The Balaban J connectivity index is 1.14. The largest absolute Gasteiger partial charge is 0.434 e. The SMILES string of the molecule is CSc1ccc(OC(F)F)c(-c2nn(CC(=O)N3CCC(CN4CCN(CC(=O)N(C)C)C[C@H]4C)CC3)cc2NC(O)c2cnn3cccnc23)c1. The van der Waals surface area contributed by atoms with E-state index in [2.05, 4.69) is 37.2 Å². The highest BCUT2D eigenvalue weighted by atomic mass is 32.2. The summed E-state index contributed by atoms with van der Waals surface area (Å²) in [4.78, 5) is 39.1. The van der Waals surface area contributed by atoms with Gasteiger partial charge in [0.2, 0.25) is 11.8 Å². The van der Waals surface area contributed by atoms with Crippen LogP contribution in [0.2, 0.25) is 0 Å². The molecule has 2 N–H and O–H groups in total. The first kappa shape index (κ1) is 37.4. The average molecular weight is 741 g/mol. The molecule has 2 amide bonds. The number of anilines is 1. The summed E-state index contributed by atoms with van der Waals surface area (Å²) in [6.07, 6.45) is 8.72. The lowest BCUT2D eigenvalue weighted by Gasteiger charge is -2.42. The summed E-state index contributed by atoms with van der Waals surface area (Å²) in [5, 5.41) is 23.2. The zero-order chi connectivity index (χ0) is 36.9. The first-order valence-electron chi connectivity index (χ1n) is 17.4. The fourth-order valence-electron chi connectivity index (χ4n) is 6.84. The Morgan fingerprint density at radius 3 is 2.65 bits per heavy atom. The van der Waals surface area contributed by atoms with Crippen molar-refractivity contribution in [1.82, 2.24) is 44.0 Å². The van der Waals surface area contributed by atoms with Crippen LogP contribution in [0.25, 0.3) is 16.9 Å². The van der Waals surface area contributed by atoms with Gasteiger partial charge < -0.3 is 25.0 Å². The van der Waals surface area contributed by atoms with Crippen LogP contribution in [0.1, 0.15) is 31.6 Å². The molecule has 5 heterocycles. The number of ether oxygens (including phenoxy) is 1. The molecule has 0 aliphatic carbocycles. The van der Waals surface area contributed by atoms with Crippen molar-refractivity contribution in [3.63, 3.8) is 0 Å². The number of carbonyl (C=O) groups excluding carboxylic acids is 2. The number of hydrogen-bond acceptors (Lipinski definition) is 11. The van der Waals surface area contributed by atoms with Gasteiger partial charge in [0.1, 0.15) is 18.0 Å². The molecule has 280 valence electrons. The van der Waals surface area contributed by atoms with E-state index < -0.39 is 12.8 Å². The van der Waals surface area contributed by atoms with Crippen LogP contribution in [-0.4, -0.2) is 140 Å². The number of halogens is 2. The number of aliphatic hydroxyl groups excluding tert-OH is 1. The normalized spacial score (nSPS) is 18.2. The van der Waals surface area contributed by atoms with E-state index >= 15 is 0 Å². The highest BCUT2D eigenvalue weighted by molar-refractivity contribution is 7.98. The number of thioether (sulfide) groups is 1. The monoisotopic (exact) mass is 740 g/mol. The second kappa shape index (κ2) is 16.6. The van der Waals surface area contributed by atoms with E-state index in [1.807, 2.05) is 11.2 Å². The Morgan fingerprint density at radius 1 is 1.15 bits per heavy atom. The lowest BCUT2D eigenvalue weighted by Crippen LogP contribution is -2.55. The number of likely N-dealkylation sites (N-methyl/N-ethyl adjacent to an activating group) is 1. The van der Waals surface area contributed by atoms with Crippen LogP contribution in [-0.2, 0) is 16.1 Å². The fourth-order valence-corrected chi connectivity index (χ4v) is 7.28. The van der Waals surface area contributed by atoms with Crippen LogP contribution < -0.4 is 10.1 Å². The maximum Gasteiger partial charge on any atom is 0.387 e. The van der Waals surface area contributed by atoms with Gasteiger partial charge in [-0.05, 0) is 56.2 Å². The molecule has 0 radical (unpaired) electrons. The van der Waals surface area contributed by atoms with E-state index in [0.717, 1.165) is 43.9 Å². The van der Waals surface area contributed by atoms with Crippen molar-refractivity contribution in [2.45, 2.75) is 50.1 Å². The van der Waals surface area contributed by atoms with Crippen molar-refractivity contribution in [2.24, 2.45) is 5.92 Å². The van der Waals surface area contributed by atoms with Crippen LogP contribution in [0.3, 0.4) is 0 Å². The standard InChI is InChI=1S/C35H46F2N10O4S/c1-23-18-43(21-30(48)42(2)3)14-15-45(23)19-24-8-12-44(13-9-24)31(49)22-46-20-28(40-34(50)27-17-39-47-11-5-10-38-33(27)47)32(41-46)26-16-25(52-4)6-7-29(26)51-35(36)37/h5-7,10-11,16-17,20,23-24,34-35,40,50H,8-9,12-15,18-19,21-22H2,1-4H3/t23-,34?/m1/s1. The molecule has 4 aromatic rings. The van der Waals surface area contributed by atoms with Gasteiger partial charge in [0.25, 0.3) is 0 Å². The average Bonchev–Trinajstić information content (AvgIpc) is 3.73. The molecule has 1 unspecified atom stereocenters. The summed E-state index contributed by atoms with van der Waals surface area (Å²) in [5.74, 6) is 0.382. The van der Waals surface area contributed by atoms with Gasteiger partial charge in [0, 0.05) is 88.5 Å². The number of piperidine rings is 1. The molecule has 6 rings (SSSR count). The van der Waals surface area contributed by atoms with Gasteiger partial charge in [-0.3, -0.25) is 24.1 Å². The van der Waals surface area contributed by atoms with Crippen molar-refractivity contribution in [1.29, 1.82) is 0 Å². The number of aromatic nitrogens is 5. The molecule has 1 aromatic carbocycles. The number of piperazine rings is 1. The molecule has 0 spiro atoms. The molecule has 0 bridgehead atoms. The zero-order valence-corrected chi connectivity index (χ0v) is 30.7. The molecular formula is C35H46F2N10O4S. The summed E-state index contributed by atoms with van der Waals surface area (Å²) in [6.45, 7) is 4.32. The zero-order valence-electron chi connectivity index (χ0n) is 29.9. The third-order valence-corrected chi connectivity index (χ3v) is 10.5. The first-order valence-corrected chi connectivity index (χ1v) is 18.6. The predicted octanol–water partition coefficient (Wildman–Crippen LogP) is 3.35. The summed E-state index contributed by atoms with van der Waals surface area (Å²) in [7, 11) is 3.57. The smallest absolute Gasteiger partial charge is 0.387 e. The van der Waals surface area contributed by atoms with Gasteiger partial charge in [0.15, 0.2) is 11.9 Å². The lowest BCUT2D eigenvalue weighted by molar-refractivity contribution is -0.134. The van der Waals surface area contributed by atoms with Gasteiger partial charge in [-0.1, -0.05) is 0 Å². The van der Waals surface area contributed by atoms with Crippen LogP contribution in [0.15, 0.2) is 53.9 Å². The molecule has 2 saturated heterocycles. The minimum absolute atomic E-state index is 0.0777. The first-order chi connectivity index (χ1) is 25.0. The van der Waals surface area contributed by atoms with E-state index in [0.29, 0.717) is 48.5 Å². The predicted molar refractivity (Wildman–Crippen MR) is 193 cm³/mol. The molecular weight excluding hydrogens is 695 g/mol. The molecule has 2 atom stereocenters. The van der Waals surface area contributed by atoms with Gasteiger partial charge >= 0.3 is 6.61 Å². The van der Waals surface area contributed by atoms with Gasteiger partial charge in [0.05, 0.1) is 24.0 Å². The number of carbonyl (C=O) groups is 2. The third-order valence-electron chi connectivity index (χ3n) is 9.78. The van der Waals surface area contributed by atoms with Crippen LogP contribution >= 0.6 is 11.8 Å². The maximum atomic E-state index is 13.6. The minimum Gasteiger partial charge on any atom is -0.434 e. The van der Waals surface area contributed by atoms with Gasteiger partial charge in [-0.15, -0.1) is 11.8 Å². The van der Waals surface area contributed by atoms with Gasteiger partial charge in [-0.2, -0.15) is 19.0 Å². The summed E-state index contributed by atoms with van der Waals surface area (Å²) in [5.41, 5.74) is 1.67. The van der Waals surface area contributed by atoms with E-state index in [1.165, 1.54) is 33.2 Å². The lowest BCUT2D eigenvalue weighted by atomic mass is 9.95. The number of rotatable bonds is 13. The summed E-state index contributed by atoms with van der Waals surface area (Å²) < 4.78 is 34.9. The fraction of sp³-hybridized carbons (Fsp3) is 0.514. The van der Waals surface area contributed by atoms with Crippen LogP contribution in [0.4, 0.5) is 14.5 Å². The van der Waals surface area contributed by atoms with E-state index in [-0.39, 0.29) is 35.4 Å². The number of alkyl halides is 2. The number of likely N-dealkylation sites (tertiary alicyclic amines) is 1. The summed E-state index contributed by atoms with van der Waals surface area (Å²) in [6, 6.07) is 6.89. The molecule has 2 fully saturated rings. The van der Waals surface area contributed by atoms with Crippen molar-refractivity contribution in [3.05, 3.63) is 54.6 Å². The number of hydrogen-bond donors (Lipinski definition) is 2. The van der Waals surface area contributed by atoms with Gasteiger partial charge in [-0.25, -0.2) is 9.50 Å². The Hall–Kier alpha value is -4.32. The van der Waals surface area contributed by atoms with Crippen LogP contribution in [0, 0.1) is 5.92 Å². The Kier molecular flexibility index (Phi) is 11.9. The molecule has 0 saturated carbocycles. The Morgan fingerprint density at radius 2 is 1.94 bits per heavy atom. The molecule has 17 heteroatoms. The number of benzene rings is 1. The molecule has 52 heavy (non-hydrogen) atoms. The Labute approximate surface area is 305 Å². The molecule has 3 aromatic heterocycles. The van der Waals surface area contributed by atoms with Crippen molar-refractivity contribution in [3.8, 4) is 17.0 Å². The van der Waals surface area contributed by atoms with E-state index in [1.54, 1.807) is 55.8 Å². The quantitative estimate of drug-likeness (QED) is 0.154. The van der Waals surface area contributed by atoms with Crippen LogP contribution in [0.5, 0.6) is 5.75 Å². The molecule has 14 nitrogen and oxygen atoms in total. The molecule has 2 aliphatic heterocycles. The topological polar surface area (TPSA) is 137 Å². The van der Waals surface area contributed by atoms with Crippen molar-refractivity contribution >= 4 is 34.9 Å². The number of amides is 2. The number of fused-ring (bicyclic) bond motifs is 1. The number of nitrogens with one attached hydrogen (secondary N) is 1. The second-order valence-electron chi connectivity index (χ2n) is 13.6. The third kappa shape index (κ3) is 8.82. The molecule has 2 aliphatic rings. The highest BCUT2D eigenvalue weighted by Crippen LogP contribution is 2.38. The maximum absolute atomic E-state index is 13.6. The Bertz CT molecular complexity index is 1850.